The van der Waals surface area contributed by atoms with Gasteiger partial charge in [-0.1, -0.05) is 0 Å². The number of ether oxygens (including phenoxy) is 1. The highest BCUT2D eigenvalue weighted by atomic mass is 16.5. The van der Waals surface area contributed by atoms with Crippen molar-refractivity contribution in [2.75, 3.05) is 25.1 Å². The van der Waals surface area contributed by atoms with Gasteiger partial charge in [-0.25, -0.2) is 9.59 Å². The summed E-state index contributed by atoms with van der Waals surface area (Å²) in [7, 11) is 0. The molecule has 20 heavy (non-hydrogen) atoms. The van der Waals surface area contributed by atoms with Gasteiger partial charge in [0.15, 0.2) is 0 Å². The normalized spacial score (nSPS) is 9.80. The van der Waals surface area contributed by atoms with Gasteiger partial charge in [-0.05, 0) is 24.3 Å². The zero-order chi connectivity index (χ0) is 15.0. The first-order chi connectivity index (χ1) is 9.49. The number of nitrogens with two attached hydrogens (primary N) is 1. The molecule has 0 spiro atoms. The molecule has 108 valence electrons. The van der Waals surface area contributed by atoms with Gasteiger partial charge in [0.1, 0.15) is 6.61 Å². The molecule has 1 aromatic carbocycles. The fraction of sp³-hybridized carbons (Fsp3) is 0.250. The molecule has 0 aliphatic rings. The van der Waals surface area contributed by atoms with E-state index in [0.29, 0.717) is 11.3 Å². The van der Waals surface area contributed by atoms with Crippen LogP contribution in [0.4, 0.5) is 10.5 Å². The molecule has 0 unspecified atom stereocenters. The molecule has 1 aromatic rings. The lowest BCUT2D eigenvalue weighted by Gasteiger charge is -2.07. The molecule has 0 bridgehead atoms. The molecule has 3 amide bonds. The maximum atomic E-state index is 11.4. The Morgan fingerprint density at radius 2 is 1.85 bits per heavy atom. The minimum atomic E-state index is -1.07. The number of hydrogen-bond donors (Lipinski definition) is 4. The Bertz CT molecular complexity index is 486. The third-order valence-electron chi connectivity index (χ3n) is 2.18. The summed E-state index contributed by atoms with van der Waals surface area (Å²) in [6.45, 7) is -0.128. The Morgan fingerprint density at radius 1 is 1.20 bits per heavy atom. The van der Waals surface area contributed by atoms with Crippen LogP contribution < -0.4 is 16.4 Å². The van der Waals surface area contributed by atoms with Gasteiger partial charge in [0.25, 0.3) is 0 Å². The first-order valence-electron chi connectivity index (χ1n) is 5.73. The number of rotatable bonds is 7. The molecule has 0 aliphatic carbocycles. The van der Waals surface area contributed by atoms with E-state index >= 15 is 0 Å². The van der Waals surface area contributed by atoms with Crippen molar-refractivity contribution in [3.63, 3.8) is 0 Å². The van der Waals surface area contributed by atoms with E-state index in [-0.39, 0.29) is 13.2 Å². The average molecular weight is 281 g/mol. The van der Waals surface area contributed by atoms with Crippen molar-refractivity contribution in [1.82, 2.24) is 5.32 Å². The standard InChI is InChI=1S/C12H15N3O5/c13-11(18)8-1-3-9(4-2-8)15-12(19)14-5-6-20-7-10(16)17/h1-4H,5-7H2,(H2,13,18)(H,16,17)(H2,14,15,19). The zero-order valence-electron chi connectivity index (χ0n) is 10.6. The molecule has 0 heterocycles. The van der Waals surface area contributed by atoms with Crippen LogP contribution in [0, 0.1) is 0 Å². The second-order valence-corrected chi connectivity index (χ2v) is 3.77. The van der Waals surface area contributed by atoms with Gasteiger partial charge in [0.05, 0.1) is 6.61 Å². The molecule has 1 rings (SSSR count). The molecule has 0 atom stereocenters. The van der Waals surface area contributed by atoms with Gasteiger partial charge in [-0.3, -0.25) is 4.79 Å². The number of primary amides is 1. The monoisotopic (exact) mass is 281 g/mol. The fourth-order valence-corrected chi connectivity index (χ4v) is 1.29. The summed E-state index contributed by atoms with van der Waals surface area (Å²) < 4.78 is 4.74. The number of carbonyl (C=O) groups excluding carboxylic acids is 2. The summed E-state index contributed by atoms with van der Waals surface area (Å²) in [5.74, 6) is -1.61. The molecule has 0 saturated carbocycles. The lowest BCUT2D eigenvalue weighted by atomic mass is 10.2. The number of amides is 3. The van der Waals surface area contributed by atoms with E-state index in [4.69, 9.17) is 15.6 Å². The summed E-state index contributed by atoms with van der Waals surface area (Å²) in [5.41, 5.74) is 5.93. The second-order valence-electron chi connectivity index (χ2n) is 3.77. The van der Waals surface area contributed by atoms with E-state index in [9.17, 15) is 14.4 Å². The summed E-state index contributed by atoms with van der Waals surface area (Å²) in [6, 6.07) is 5.61. The van der Waals surface area contributed by atoms with Crippen molar-refractivity contribution in [2.45, 2.75) is 0 Å². The van der Waals surface area contributed by atoms with Crippen molar-refractivity contribution in [2.24, 2.45) is 5.73 Å². The molecule has 0 aliphatic heterocycles. The number of aliphatic carboxylic acids is 1. The highest BCUT2D eigenvalue weighted by Gasteiger charge is 2.03. The van der Waals surface area contributed by atoms with Crippen LogP contribution in [0.15, 0.2) is 24.3 Å². The topological polar surface area (TPSA) is 131 Å². The smallest absolute Gasteiger partial charge is 0.329 e. The van der Waals surface area contributed by atoms with E-state index in [1.165, 1.54) is 12.1 Å². The van der Waals surface area contributed by atoms with E-state index in [1.54, 1.807) is 12.1 Å². The molecule has 0 radical (unpaired) electrons. The van der Waals surface area contributed by atoms with Crippen molar-refractivity contribution >= 4 is 23.6 Å². The maximum absolute atomic E-state index is 11.4. The Labute approximate surface area is 114 Å². The highest BCUT2D eigenvalue weighted by Crippen LogP contribution is 2.08. The van der Waals surface area contributed by atoms with E-state index in [0.717, 1.165) is 0 Å². The van der Waals surface area contributed by atoms with Crippen molar-refractivity contribution in [3.8, 4) is 0 Å². The number of urea groups is 1. The predicted octanol–water partition coefficient (Wildman–Crippen LogP) is 0.00820. The Kier molecular flexibility index (Phi) is 5.98. The van der Waals surface area contributed by atoms with Crippen molar-refractivity contribution in [3.05, 3.63) is 29.8 Å². The number of anilines is 1. The summed E-state index contributed by atoms with van der Waals surface area (Å²) in [6.07, 6.45) is 0. The number of nitrogens with one attached hydrogen (secondary N) is 2. The Balaban J connectivity index is 2.28. The number of carboxylic acids is 1. The van der Waals surface area contributed by atoms with Gasteiger partial charge < -0.3 is 26.2 Å². The maximum Gasteiger partial charge on any atom is 0.329 e. The van der Waals surface area contributed by atoms with Crippen molar-refractivity contribution < 1.29 is 24.2 Å². The van der Waals surface area contributed by atoms with Crippen LogP contribution in [0.3, 0.4) is 0 Å². The van der Waals surface area contributed by atoms with E-state index < -0.39 is 24.5 Å². The summed E-state index contributed by atoms with van der Waals surface area (Å²) in [4.78, 5) is 32.4. The lowest BCUT2D eigenvalue weighted by molar-refractivity contribution is -0.142. The number of benzene rings is 1. The quantitative estimate of drug-likeness (QED) is 0.523. The molecule has 8 nitrogen and oxygen atoms in total. The predicted molar refractivity (Wildman–Crippen MR) is 70.4 cm³/mol. The fourth-order valence-electron chi connectivity index (χ4n) is 1.29. The number of carboxylic acid groups (broad SMARTS) is 1. The largest absolute Gasteiger partial charge is 0.480 e. The summed E-state index contributed by atoms with van der Waals surface area (Å²) >= 11 is 0. The minimum Gasteiger partial charge on any atom is -0.480 e. The van der Waals surface area contributed by atoms with Gasteiger partial charge in [-0.2, -0.15) is 0 Å². The van der Waals surface area contributed by atoms with Crippen LogP contribution in [-0.4, -0.2) is 42.8 Å². The third kappa shape index (κ3) is 5.83. The zero-order valence-corrected chi connectivity index (χ0v) is 10.6. The van der Waals surface area contributed by atoms with Crippen LogP contribution >= 0.6 is 0 Å². The molecular formula is C12H15N3O5. The van der Waals surface area contributed by atoms with Crippen molar-refractivity contribution in [1.29, 1.82) is 0 Å². The van der Waals surface area contributed by atoms with Crippen LogP contribution in [0.5, 0.6) is 0 Å². The molecular weight excluding hydrogens is 266 g/mol. The summed E-state index contributed by atoms with van der Waals surface area (Å²) in [5, 5.41) is 13.3. The lowest BCUT2D eigenvalue weighted by Crippen LogP contribution is -2.32. The first kappa shape index (κ1) is 15.4. The minimum absolute atomic E-state index is 0.0976. The number of hydrogen-bond acceptors (Lipinski definition) is 4. The first-order valence-corrected chi connectivity index (χ1v) is 5.73. The molecule has 0 saturated heterocycles. The van der Waals surface area contributed by atoms with E-state index in [2.05, 4.69) is 10.6 Å². The second kappa shape index (κ2) is 7.74. The van der Waals surface area contributed by atoms with Gasteiger partial charge in [0, 0.05) is 17.8 Å². The molecule has 5 N–H and O–H groups in total. The van der Waals surface area contributed by atoms with Gasteiger partial charge in [0.2, 0.25) is 5.91 Å². The highest BCUT2D eigenvalue weighted by molar-refractivity contribution is 5.94. The van der Waals surface area contributed by atoms with Crippen LogP contribution in [0.1, 0.15) is 10.4 Å². The van der Waals surface area contributed by atoms with Gasteiger partial charge in [-0.15, -0.1) is 0 Å². The number of carbonyl (C=O) groups is 3. The van der Waals surface area contributed by atoms with Crippen LogP contribution in [0.25, 0.3) is 0 Å². The van der Waals surface area contributed by atoms with Crippen LogP contribution in [0.2, 0.25) is 0 Å². The Hall–Kier alpha value is -2.61. The Morgan fingerprint density at radius 3 is 2.40 bits per heavy atom. The SMILES string of the molecule is NC(=O)c1ccc(NC(=O)NCCOCC(=O)O)cc1. The van der Waals surface area contributed by atoms with Crippen LogP contribution in [-0.2, 0) is 9.53 Å². The molecule has 8 heteroatoms. The van der Waals surface area contributed by atoms with Gasteiger partial charge >= 0.3 is 12.0 Å². The average Bonchev–Trinajstić information content (AvgIpc) is 2.38. The molecule has 0 aromatic heterocycles. The third-order valence-corrected chi connectivity index (χ3v) is 2.18. The van der Waals surface area contributed by atoms with E-state index in [1.807, 2.05) is 0 Å². The molecule has 0 fully saturated rings.